The van der Waals surface area contributed by atoms with Crippen molar-refractivity contribution in [3.05, 3.63) is 72.9 Å². The number of phosphoric ester groups is 1. The molecule has 0 amide bonds. The number of hydrogen-bond acceptors (Lipinski definition) is 10. The third-order valence-corrected chi connectivity index (χ3v) is 9.26. The standard InChI is InChI=1S/C44H73O11P/c1-3-5-7-8-9-10-11-12-13-14-15-16-17-20-24-27-31-35-44(49)55-42(39-54-56(50,51)53-37-41(47)36-45)38-52-43(48)34-30-26-23-21-18-19-22-25-29-33-40(46)32-28-6-4-2/h9-10,12-13,15-16,20,22,24-25,29,33,41-42,45,47H,3-8,11,14,17-19,21,23,26-28,30-32,34-39H2,1-2H3,(H,50,51)/b10-9-,13-12-,16-15-,24-20-,25-22-,33-29+/t41-,42+/m0/s1. The van der Waals surface area contributed by atoms with Crippen LogP contribution in [0.4, 0.5) is 0 Å². The number of rotatable bonds is 38. The molecule has 0 aliphatic heterocycles. The van der Waals surface area contributed by atoms with Gasteiger partial charge < -0.3 is 24.6 Å². The van der Waals surface area contributed by atoms with E-state index >= 15 is 0 Å². The molecule has 0 heterocycles. The van der Waals surface area contributed by atoms with Gasteiger partial charge in [0.2, 0.25) is 0 Å². The van der Waals surface area contributed by atoms with Crippen LogP contribution in [0, 0.1) is 0 Å². The Kier molecular flexibility index (Phi) is 36.9. The minimum absolute atomic E-state index is 0.0870. The van der Waals surface area contributed by atoms with E-state index in [0.717, 1.165) is 77.0 Å². The molecule has 0 aromatic rings. The second-order valence-corrected chi connectivity index (χ2v) is 15.1. The lowest BCUT2D eigenvalue weighted by molar-refractivity contribution is -0.161. The second kappa shape index (κ2) is 38.9. The van der Waals surface area contributed by atoms with Crippen LogP contribution < -0.4 is 0 Å². The maximum atomic E-state index is 12.6. The van der Waals surface area contributed by atoms with Crippen LogP contribution in [0.5, 0.6) is 0 Å². The van der Waals surface area contributed by atoms with Gasteiger partial charge in [-0.05, 0) is 76.7 Å². The van der Waals surface area contributed by atoms with Crippen molar-refractivity contribution in [1.82, 2.24) is 0 Å². The van der Waals surface area contributed by atoms with Crippen molar-refractivity contribution in [2.45, 2.75) is 161 Å². The number of unbranched alkanes of at least 4 members (excludes halogenated alkanes) is 11. The highest BCUT2D eigenvalue weighted by Gasteiger charge is 2.27. The van der Waals surface area contributed by atoms with Crippen molar-refractivity contribution in [3.63, 3.8) is 0 Å². The lowest BCUT2D eigenvalue weighted by Gasteiger charge is -2.20. The van der Waals surface area contributed by atoms with Gasteiger partial charge in [-0.15, -0.1) is 0 Å². The fourth-order valence-electron chi connectivity index (χ4n) is 5.02. The minimum Gasteiger partial charge on any atom is -0.462 e. The number of allylic oxidation sites excluding steroid dienone is 12. The molecule has 0 rings (SSSR count). The summed E-state index contributed by atoms with van der Waals surface area (Å²) in [5.41, 5.74) is 0. The Bertz CT molecular complexity index is 1220. The Morgan fingerprint density at radius 3 is 1.77 bits per heavy atom. The normalized spacial score (nSPS) is 14.5. The zero-order valence-electron chi connectivity index (χ0n) is 34.3. The number of phosphoric acid groups is 1. The van der Waals surface area contributed by atoms with E-state index in [9.17, 15) is 28.9 Å². The summed E-state index contributed by atoms with van der Waals surface area (Å²) in [7, 11) is -4.65. The molecule has 0 saturated heterocycles. The van der Waals surface area contributed by atoms with E-state index in [4.69, 9.17) is 19.1 Å². The molecule has 0 saturated carbocycles. The molecule has 0 spiro atoms. The average molecular weight is 809 g/mol. The first-order valence-electron chi connectivity index (χ1n) is 20.8. The Morgan fingerprint density at radius 2 is 1.11 bits per heavy atom. The maximum absolute atomic E-state index is 12.6. The van der Waals surface area contributed by atoms with Crippen molar-refractivity contribution in [3.8, 4) is 0 Å². The third kappa shape index (κ3) is 38.0. The van der Waals surface area contributed by atoms with Crippen molar-refractivity contribution in [2.75, 3.05) is 26.4 Å². The molecule has 0 aliphatic rings. The van der Waals surface area contributed by atoms with Gasteiger partial charge >= 0.3 is 19.8 Å². The van der Waals surface area contributed by atoms with Crippen LogP contribution in [-0.2, 0) is 37.5 Å². The van der Waals surface area contributed by atoms with Crippen molar-refractivity contribution in [1.29, 1.82) is 0 Å². The highest BCUT2D eigenvalue weighted by molar-refractivity contribution is 7.47. The summed E-state index contributed by atoms with van der Waals surface area (Å²) in [6.07, 6.45) is 40.0. The van der Waals surface area contributed by atoms with Gasteiger partial charge in [0.1, 0.15) is 12.7 Å². The average Bonchev–Trinajstić information content (AvgIpc) is 3.18. The third-order valence-electron chi connectivity index (χ3n) is 8.31. The Labute approximate surface area is 337 Å². The topological polar surface area (TPSA) is 166 Å². The summed E-state index contributed by atoms with van der Waals surface area (Å²) in [4.78, 5) is 46.6. The molecule has 0 fully saturated rings. The molecule has 0 bridgehead atoms. The minimum atomic E-state index is -4.65. The van der Waals surface area contributed by atoms with Gasteiger partial charge in [-0.25, -0.2) is 4.57 Å². The van der Waals surface area contributed by atoms with E-state index in [1.54, 1.807) is 12.2 Å². The molecule has 12 heteroatoms. The van der Waals surface area contributed by atoms with Crippen LogP contribution in [0.25, 0.3) is 0 Å². The summed E-state index contributed by atoms with van der Waals surface area (Å²) in [6.45, 7) is 2.06. The Morgan fingerprint density at radius 1 is 0.589 bits per heavy atom. The summed E-state index contributed by atoms with van der Waals surface area (Å²) in [5.74, 6) is -0.898. The molecule has 3 N–H and O–H groups in total. The fraction of sp³-hybridized carbons (Fsp3) is 0.659. The molecule has 56 heavy (non-hydrogen) atoms. The molecule has 0 radical (unpaired) electrons. The van der Waals surface area contributed by atoms with Gasteiger partial charge in [0, 0.05) is 19.3 Å². The molecule has 0 aromatic heterocycles. The number of carbonyl (C=O) groups is 3. The zero-order valence-corrected chi connectivity index (χ0v) is 35.2. The number of esters is 2. The van der Waals surface area contributed by atoms with E-state index in [-0.39, 0.29) is 25.2 Å². The van der Waals surface area contributed by atoms with Crippen LogP contribution in [0.15, 0.2) is 72.9 Å². The number of ether oxygens (including phenoxy) is 2. The van der Waals surface area contributed by atoms with E-state index in [2.05, 4.69) is 54.8 Å². The molecular formula is C44H73O11P. The van der Waals surface area contributed by atoms with Crippen LogP contribution in [0.1, 0.15) is 149 Å². The van der Waals surface area contributed by atoms with E-state index in [1.807, 2.05) is 24.3 Å². The molecular weight excluding hydrogens is 735 g/mol. The first kappa shape index (κ1) is 53.1. The number of ketones is 1. The second-order valence-electron chi connectivity index (χ2n) is 13.7. The zero-order chi connectivity index (χ0) is 41.4. The number of carbonyl (C=O) groups excluding carboxylic acids is 3. The van der Waals surface area contributed by atoms with Crippen LogP contribution >= 0.6 is 7.82 Å². The van der Waals surface area contributed by atoms with Crippen LogP contribution in [0.2, 0.25) is 0 Å². The van der Waals surface area contributed by atoms with Gasteiger partial charge in [-0.2, -0.15) is 0 Å². The van der Waals surface area contributed by atoms with Gasteiger partial charge in [-0.1, -0.05) is 126 Å². The Hall–Kier alpha value is -2.92. The van der Waals surface area contributed by atoms with Gasteiger partial charge in [0.25, 0.3) is 0 Å². The predicted molar refractivity (Wildman–Crippen MR) is 224 cm³/mol. The highest BCUT2D eigenvalue weighted by Crippen LogP contribution is 2.43. The van der Waals surface area contributed by atoms with Crippen LogP contribution in [0.3, 0.4) is 0 Å². The SMILES string of the molecule is CCCCC/C=C\C/C=C\C/C=C\C/C=C\CCCC(=O)O[C@H](COC(=O)CCCCCCC/C=C\C=C\C(=O)CCCCC)COP(=O)(O)OC[C@@H](O)CO. The first-order chi connectivity index (χ1) is 27.1. The van der Waals surface area contributed by atoms with Crippen molar-refractivity contribution < 1.29 is 52.6 Å². The maximum Gasteiger partial charge on any atom is 0.472 e. The van der Waals surface area contributed by atoms with Crippen LogP contribution in [-0.4, -0.2) is 71.5 Å². The lowest BCUT2D eigenvalue weighted by Crippen LogP contribution is -2.29. The lowest BCUT2D eigenvalue weighted by atomic mass is 10.1. The van der Waals surface area contributed by atoms with Gasteiger partial charge in [0.05, 0.1) is 19.8 Å². The number of aliphatic hydroxyl groups is 2. The molecule has 320 valence electrons. The molecule has 11 nitrogen and oxygen atoms in total. The molecule has 3 atom stereocenters. The first-order valence-corrected chi connectivity index (χ1v) is 22.3. The fourth-order valence-corrected chi connectivity index (χ4v) is 5.81. The molecule has 0 aromatic carbocycles. The van der Waals surface area contributed by atoms with E-state index in [0.29, 0.717) is 25.7 Å². The summed E-state index contributed by atoms with van der Waals surface area (Å²) < 4.78 is 32.5. The Balaban J connectivity index is 4.50. The summed E-state index contributed by atoms with van der Waals surface area (Å²) in [5, 5.41) is 18.3. The quantitative estimate of drug-likeness (QED) is 0.0136. The van der Waals surface area contributed by atoms with Gasteiger partial charge in [0.15, 0.2) is 11.9 Å². The van der Waals surface area contributed by atoms with E-state index in [1.165, 1.54) is 19.3 Å². The summed E-state index contributed by atoms with van der Waals surface area (Å²) >= 11 is 0. The van der Waals surface area contributed by atoms with Crippen molar-refractivity contribution in [2.24, 2.45) is 0 Å². The highest BCUT2D eigenvalue weighted by atomic mass is 31.2. The molecule has 1 unspecified atom stereocenters. The van der Waals surface area contributed by atoms with Gasteiger partial charge in [-0.3, -0.25) is 23.4 Å². The van der Waals surface area contributed by atoms with Crippen molar-refractivity contribution >= 4 is 25.5 Å². The number of hydrogen-bond donors (Lipinski definition) is 3. The molecule has 0 aliphatic carbocycles. The van der Waals surface area contributed by atoms with E-state index < -0.39 is 51.8 Å². The predicted octanol–water partition coefficient (Wildman–Crippen LogP) is 10.1. The summed E-state index contributed by atoms with van der Waals surface area (Å²) in [6, 6.07) is 0. The largest absolute Gasteiger partial charge is 0.472 e. The monoisotopic (exact) mass is 808 g/mol. The smallest absolute Gasteiger partial charge is 0.462 e. The number of aliphatic hydroxyl groups excluding tert-OH is 2.